The van der Waals surface area contributed by atoms with Gasteiger partial charge in [0, 0.05) is 19.3 Å². The molecule has 0 bridgehead atoms. The fourth-order valence-electron chi connectivity index (χ4n) is 9.18. The van der Waals surface area contributed by atoms with Crippen molar-refractivity contribution in [3.8, 4) is 0 Å². The summed E-state index contributed by atoms with van der Waals surface area (Å²) in [4.78, 5) is 38.4. The molecule has 0 fully saturated rings. The lowest BCUT2D eigenvalue weighted by Gasteiger charge is -2.18. The molecule has 1 atom stereocenters. The molecule has 0 radical (unpaired) electrons. The average Bonchev–Trinajstić information content (AvgIpc) is 3.49. The van der Waals surface area contributed by atoms with Gasteiger partial charge >= 0.3 is 17.9 Å². The standard InChI is InChI=1S/C77H126O6/c1-4-7-10-13-16-19-22-25-27-29-31-33-35-36-37-38-39-40-42-43-45-47-49-52-55-58-61-64-67-70-76(79)82-73-74(72-81-75(78)69-66-63-60-57-54-51-24-21-18-15-12-9-6-3)83-77(80)71-68-65-62-59-56-53-50-48-46-44-41-34-32-30-28-26-23-20-17-14-11-8-5-2/h8,11-12,15,17,20-22,24-26,28-29,31-32,34-36,44,46,50,53,59,62,74H,4-7,9-10,13-14,16,18-19,23,27,30,33,37-43,45,47-49,51-52,54-58,60-61,63-73H2,1-3H3/b11-8-,15-12-,20-17-,24-21-,25-22-,28-26-,31-29-,34-32-,36-35-,46-44-,53-50-,62-59-. The Morgan fingerprint density at radius 1 is 0.253 bits per heavy atom. The molecule has 0 amide bonds. The number of unbranched alkanes of at least 4 members (excludes halogenated alkanes) is 26. The lowest BCUT2D eigenvalue weighted by Crippen LogP contribution is -2.30. The van der Waals surface area contributed by atoms with Crippen molar-refractivity contribution >= 4 is 17.9 Å². The van der Waals surface area contributed by atoms with Gasteiger partial charge in [-0.15, -0.1) is 0 Å². The summed E-state index contributed by atoms with van der Waals surface area (Å²) in [5.74, 6) is -0.983. The van der Waals surface area contributed by atoms with Gasteiger partial charge in [0.25, 0.3) is 0 Å². The van der Waals surface area contributed by atoms with Crippen LogP contribution in [0.25, 0.3) is 0 Å². The minimum absolute atomic E-state index is 0.110. The molecule has 1 unspecified atom stereocenters. The summed E-state index contributed by atoms with van der Waals surface area (Å²) in [6, 6.07) is 0. The minimum Gasteiger partial charge on any atom is -0.462 e. The molecule has 6 heteroatoms. The Balaban J connectivity index is 4.38. The first kappa shape index (κ1) is 78.3. The van der Waals surface area contributed by atoms with Crippen LogP contribution in [0.1, 0.15) is 303 Å². The molecule has 0 spiro atoms. The van der Waals surface area contributed by atoms with Gasteiger partial charge in [0.05, 0.1) is 0 Å². The summed E-state index contributed by atoms with van der Waals surface area (Å²) >= 11 is 0. The molecular weight excluding hydrogens is 1020 g/mol. The second-order valence-electron chi connectivity index (χ2n) is 22.3. The predicted molar refractivity (Wildman–Crippen MR) is 362 cm³/mol. The molecule has 0 saturated heterocycles. The molecule has 0 aliphatic carbocycles. The third kappa shape index (κ3) is 68.0. The molecule has 0 N–H and O–H groups in total. The maximum absolute atomic E-state index is 12.9. The molecule has 0 aromatic rings. The van der Waals surface area contributed by atoms with Crippen LogP contribution in [-0.4, -0.2) is 37.2 Å². The number of rotatable bonds is 61. The summed E-state index contributed by atoms with van der Waals surface area (Å²) in [6.07, 6.45) is 100. The smallest absolute Gasteiger partial charge is 0.306 e. The summed E-state index contributed by atoms with van der Waals surface area (Å²) in [6.45, 7) is 6.40. The zero-order valence-electron chi connectivity index (χ0n) is 53.9. The summed E-state index contributed by atoms with van der Waals surface area (Å²) in [7, 11) is 0. The number of esters is 3. The van der Waals surface area contributed by atoms with Gasteiger partial charge < -0.3 is 14.2 Å². The Bertz CT molecular complexity index is 1800. The van der Waals surface area contributed by atoms with Crippen molar-refractivity contribution in [1.82, 2.24) is 0 Å². The molecule has 0 aromatic carbocycles. The van der Waals surface area contributed by atoms with Gasteiger partial charge in [0.15, 0.2) is 6.10 Å². The number of carbonyl (C=O) groups excluding carboxylic acids is 3. The Hall–Kier alpha value is -4.71. The van der Waals surface area contributed by atoms with Crippen molar-refractivity contribution in [1.29, 1.82) is 0 Å². The summed E-state index contributed by atoms with van der Waals surface area (Å²) in [5.41, 5.74) is 0. The summed E-state index contributed by atoms with van der Waals surface area (Å²) < 4.78 is 16.9. The minimum atomic E-state index is -0.822. The van der Waals surface area contributed by atoms with Gasteiger partial charge in [-0.2, -0.15) is 0 Å². The van der Waals surface area contributed by atoms with Crippen LogP contribution in [0.3, 0.4) is 0 Å². The second-order valence-corrected chi connectivity index (χ2v) is 22.3. The normalized spacial score (nSPS) is 13.0. The molecule has 6 nitrogen and oxygen atoms in total. The quantitative estimate of drug-likeness (QED) is 0.0261. The van der Waals surface area contributed by atoms with E-state index in [0.29, 0.717) is 19.3 Å². The number of hydrogen-bond acceptors (Lipinski definition) is 6. The Labute approximate surface area is 512 Å². The maximum Gasteiger partial charge on any atom is 0.306 e. The van der Waals surface area contributed by atoms with Gasteiger partial charge in [-0.1, -0.05) is 295 Å². The lowest BCUT2D eigenvalue weighted by atomic mass is 10.0. The zero-order valence-corrected chi connectivity index (χ0v) is 53.9. The SMILES string of the molecule is CC/C=C\C/C=C\C/C=C\C/C=C\C/C=C\C/C=C\C/C=C\CCCC(=O)OC(COC(=O)CCCCCCC/C=C\C/C=C\CCC)COC(=O)CCCCCCCCCCCCCCCC/C=C\C/C=C\C/C=C\CCCCCCC. The zero-order chi connectivity index (χ0) is 59.9. The number of hydrogen-bond donors (Lipinski definition) is 0. The Morgan fingerprint density at radius 2 is 0.506 bits per heavy atom. The van der Waals surface area contributed by atoms with E-state index in [0.717, 1.165) is 135 Å². The molecule has 0 aromatic heterocycles. The average molecular weight is 1150 g/mol. The first-order valence-electron chi connectivity index (χ1n) is 34.3. The fourth-order valence-corrected chi connectivity index (χ4v) is 9.18. The first-order chi connectivity index (χ1) is 41.0. The van der Waals surface area contributed by atoms with Gasteiger partial charge in [0.2, 0.25) is 0 Å². The summed E-state index contributed by atoms with van der Waals surface area (Å²) in [5, 5.41) is 0. The van der Waals surface area contributed by atoms with Crippen LogP contribution in [0, 0.1) is 0 Å². The fraction of sp³-hybridized carbons (Fsp3) is 0.649. The lowest BCUT2D eigenvalue weighted by molar-refractivity contribution is -0.167. The van der Waals surface area contributed by atoms with Crippen LogP contribution in [0.15, 0.2) is 146 Å². The van der Waals surface area contributed by atoms with E-state index in [1.54, 1.807) is 0 Å². The highest BCUT2D eigenvalue weighted by molar-refractivity contribution is 5.71. The van der Waals surface area contributed by atoms with E-state index < -0.39 is 6.10 Å². The van der Waals surface area contributed by atoms with Crippen LogP contribution in [0.4, 0.5) is 0 Å². The Kier molecular flexibility index (Phi) is 65.8. The van der Waals surface area contributed by atoms with Crippen LogP contribution in [0.2, 0.25) is 0 Å². The number of carbonyl (C=O) groups is 3. The van der Waals surface area contributed by atoms with Crippen molar-refractivity contribution in [2.45, 2.75) is 309 Å². The van der Waals surface area contributed by atoms with E-state index >= 15 is 0 Å². The molecule has 0 saturated carbocycles. The van der Waals surface area contributed by atoms with E-state index in [-0.39, 0.29) is 37.5 Å². The van der Waals surface area contributed by atoms with Gasteiger partial charge in [-0.3, -0.25) is 14.4 Å². The highest BCUT2D eigenvalue weighted by Crippen LogP contribution is 2.16. The van der Waals surface area contributed by atoms with Crippen molar-refractivity contribution in [3.05, 3.63) is 146 Å². The Morgan fingerprint density at radius 3 is 0.819 bits per heavy atom. The van der Waals surface area contributed by atoms with Gasteiger partial charge in [-0.05, 0) is 135 Å². The number of ether oxygens (including phenoxy) is 3. The van der Waals surface area contributed by atoms with Crippen molar-refractivity contribution in [2.24, 2.45) is 0 Å². The molecule has 470 valence electrons. The highest BCUT2D eigenvalue weighted by Gasteiger charge is 2.19. The molecule has 0 aliphatic rings. The largest absolute Gasteiger partial charge is 0.462 e. The van der Waals surface area contributed by atoms with Crippen LogP contribution >= 0.6 is 0 Å². The van der Waals surface area contributed by atoms with E-state index in [2.05, 4.69) is 167 Å². The molecule has 0 heterocycles. The van der Waals surface area contributed by atoms with Crippen molar-refractivity contribution in [3.63, 3.8) is 0 Å². The topological polar surface area (TPSA) is 78.9 Å². The van der Waals surface area contributed by atoms with Gasteiger partial charge in [-0.25, -0.2) is 0 Å². The molecule has 83 heavy (non-hydrogen) atoms. The third-order valence-corrected chi connectivity index (χ3v) is 14.3. The predicted octanol–water partition coefficient (Wildman–Crippen LogP) is 23.9. The first-order valence-corrected chi connectivity index (χ1v) is 34.3. The second kappa shape index (κ2) is 69.8. The maximum atomic E-state index is 12.9. The molecular formula is C77H126O6. The highest BCUT2D eigenvalue weighted by atomic mass is 16.6. The van der Waals surface area contributed by atoms with Gasteiger partial charge in [0.1, 0.15) is 13.2 Å². The number of allylic oxidation sites excluding steroid dienone is 24. The molecule has 0 aliphatic heterocycles. The molecule has 0 rings (SSSR count). The van der Waals surface area contributed by atoms with Crippen LogP contribution in [0.5, 0.6) is 0 Å². The van der Waals surface area contributed by atoms with E-state index in [1.807, 2.05) is 0 Å². The van der Waals surface area contributed by atoms with E-state index in [1.165, 1.54) is 122 Å². The van der Waals surface area contributed by atoms with Crippen molar-refractivity contribution in [2.75, 3.05) is 13.2 Å². The van der Waals surface area contributed by atoms with Crippen molar-refractivity contribution < 1.29 is 28.6 Å². The monoisotopic (exact) mass is 1150 g/mol. The third-order valence-electron chi connectivity index (χ3n) is 14.3. The van der Waals surface area contributed by atoms with E-state index in [4.69, 9.17) is 14.2 Å². The van der Waals surface area contributed by atoms with Crippen LogP contribution < -0.4 is 0 Å². The van der Waals surface area contributed by atoms with Crippen LogP contribution in [-0.2, 0) is 28.6 Å². The van der Waals surface area contributed by atoms with E-state index in [9.17, 15) is 14.4 Å².